The molecule has 0 aromatic heterocycles. The minimum Gasteiger partial charge on any atom is -1.00 e. The number of aliphatic carboxylic acids is 1. The number of hydrogen-bond acceptors (Lipinski definition) is 3. The van der Waals surface area contributed by atoms with E-state index in [1.165, 1.54) is 26.2 Å². The van der Waals surface area contributed by atoms with Crippen molar-refractivity contribution in [1.29, 1.82) is 0 Å². The van der Waals surface area contributed by atoms with Crippen LogP contribution in [0.5, 0.6) is 0 Å². The van der Waals surface area contributed by atoms with Crippen LogP contribution in [0.2, 0.25) is 0 Å². The van der Waals surface area contributed by atoms with Crippen LogP contribution in [0, 0.1) is 0 Å². The average Bonchev–Trinajstić information content (AvgIpc) is 2.68. The van der Waals surface area contributed by atoms with Gasteiger partial charge in [-0.3, -0.25) is 0 Å². The number of carboxylic acids is 1. The van der Waals surface area contributed by atoms with E-state index >= 15 is 0 Å². The molecule has 14 heavy (non-hydrogen) atoms. The van der Waals surface area contributed by atoms with Crippen molar-refractivity contribution in [3.05, 3.63) is 12.2 Å². The van der Waals surface area contributed by atoms with E-state index in [0.29, 0.717) is 0 Å². The molecule has 1 rings (SSSR count). The first-order valence-electron chi connectivity index (χ1n) is 3.55. The summed E-state index contributed by atoms with van der Waals surface area (Å²) < 4.78 is 24.1. The molecule has 0 bridgehead atoms. The fourth-order valence-electron chi connectivity index (χ4n) is 0. The Bertz CT molecular complexity index is 179. The van der Waals surface area contributed by atoms with Crippen LogP contribution in [0.15, 0.2) is 12.2 Å². The molecule has 0 radical (unpaired) electrons. The second kappa shape index (κ2) is 13.9. The van der Waals surface area contributed by atoms with Crippen LogP contribution in [0.4, 0.5) is 0 Å². The molecule has 0 aromatic rings. The first-order chi connectivity index (χ1) is 5.87. The Balaban J connectivity index is -0.0000000593. The molecule has 5 nitrogen and oxygen atoms in total. The molecule has 0 aliphatic heterocycles. The van der Waals surface area contributed by atoms with Gasteiger partial charge in [0.05, 0.1) is 11.4 Å². The van der Waals surface area contributed by atoms with Gasteiger partial charge in [-0.2, -0.15) is 0 Å². The molecule has 1 aliphatic carbocycles. The number of rotatable bonds is 1. The molecule has 1 fully saturated rings. The molecule has 1 aliphatic rings. The molecule has 0 aromatic carbocycles. The first-order valence-corrected chi connectivity index (χ1v) is 4.58. The van der Waals surface area contributed by atoms with Crippen molar-refractivity contribution >= 4 is 17.3 Å². The third-order valence-electron chi connectivity index (χ3n) is 0.719. The molecular formula is C7H14KO5S-. The monoisotopic (exact) mass is 249 g/mol. The minimum atomic E-state index is -2.86. The van der Waals surface area contributed by atoms with Gasteiger partial charge in [-0.1, -0.05) is 25.8 Å². The number of carbonyl (C=O) groups is 1. The first kappa shape index (κ1) is 20.3. The standard InChI is InChI=1S/C4H6O2.C3H6.K.H2O3S.H/c1-3(2)4(5)6;1-2-3-1;;1-4(2)3;/h1H2,2H3,(H,5,6);1-3H2;;(H2,1,2,3);/q;;+1;;-1/p-1. The molecule has 1 atom stereocenters. The molecule has 2 N–H and O–H groups in total. The van der Waals surface area contributed by atoms with Crippen LogP contribution in [0.25, 0.3) is 0 Å². The van der Waals surface area contributed by atoms with Gasteiger partial charge in [0.2, 0.25) is 0 Å². The summed E-state index contributed by atoms with van der Waals surface area (Å²) in [5.41, 5.74) is 0.176. The fraction of sp³-hybridized carbons (Fsp3) is 0.571. The van der Waals surface area contributed by atoms with E-state index in [0.717, 1.165) is 0 Å². The molecular weight excluding hydrogens is 235 g/mol. The summed E-state index contributed by atoms with van der Waals surface area (Å²) in [6.07, 6.45) is 4.50. The van der Waals surface area contributed by atoms with Gasteiger partial charge in [0.15, 0.2) is 0 Å². The Labute approximate surface area is 130 Å². The molecule has 1 unspecified atom stereocenters. The van der Waals surface area contributed by atoms with Crippen molar-refractivity contribution in [2.24, 2.45) is 0 Å². The molecule has 1 saturated carbocycles. The Hall–Kier alpha value is 0.916. The molecule has 80 valence electrons. The van der Waals surface area contributed by atoms with E-state index in [2.05, 4.69) is 6.58 Å². The maximum absolute atomic E-state index is 9.60. The second-order valence-corrected chi connectivity index (χ2v) is 2.80. The maximum atomic E-state index is 9.60. The summed E-state index contributed by atoms with van der Waals surface area (Å²) in [5.74, 6) is -0.935. The number of carboxylic acid groups (broad SMARTS) is 1. The van der Waals surface area contributed by atoms with Gasteiger partial charge < -0.3 is 15.6 Å². The summed E-state index contributed by atoms with van der Waals surface area (Å²) in [7, 11) is 0. The summed E-state index contributed by atoms with van der Waals surface area (Å²) >= 11 is -2.86. The van der Waals surface area contributed by atoms with Crippen molar-refractivity contribution in [3.8, 4) is 0 Å². The van der Waals surface area contributed by atoms with E-state index in [-0.39, 0.29) is 58.4 Å². The van der Waals surface area contributed by atoms with Crippen LogP contribution >= 0.6 is 0 Å². The maximum Gasteiger partial charge on any atom is 1.00 e. The van der Waals surface area contributed by atoms with Crippen molar-refractivity contribution in [3.63, 3.8) is 0 Å². The van der Waals surface area contributed by atoms with Gasteiger partial charge in [-0.25, -0.2) is 9.00 Å². The van der Waals surface area contributed by atoms with Gasteiger partial charge in [0, 0.05) is 5.57 Å². The van der Waals surface area contributed by atoms with E-state index in [1.54, 1.807) is 0 Å². The van der Waals surface area contributed by atoms with Crippen molar-refractivity contribution in [2.45, 2.75) is 26.2 Å². The molecule has 0 heterocycles. The van der Waals surface area contributed by atoms with E-state index in [1.807, 2.05) is 0 Å². The summed E-state index contributed by atoms with van der Waals surface area (Å²) in [5, 5.41) is 7.89. The third-order valence-corrected chi connectivity index (χ3v) is 0.719. The van der Waals surface area contributed by atoms with Crippen LogP contribution in [-0.2, 0) is 16.2 Å². The predicted molar refractivity (Wildman–Crippen MR) is 49.0 cm³/mol. The van der Waals surface area contributed by atoms with E-state index in [9.17, 15) is 4.79 Å². The van der Waals surface area contributed by atoms with Crippen LogP contribution in [0.1, 0.15) is 27.6 Å². The summed E-state index contributed by atoms with van der Waals surface area (Å²) in [6, 6.07) is 0. The number of hydrogen-bond donors (Lipinski definition) is 2. The Morgan fingerprint density at radius 1 is 1.50 bits per heavy atom. The van der Waals surface area contributed by atoms with Gasteiger partial charge in [0.25, 0.3) is 0 Å². The minimum absolute atomic E-state index is 0. The zero-order valence-electron chi connectivity index (χ0n) is 9.36. The normalized spacial score (nSPS) is 12.8. The quantitative estimate of drug-likeness (QED) is 0.327. The fourth-order valence-corrected chi connectivity index (χ4v) is 0. The summed E-state index contributed by atoms with van der Waals surface area (Å²) in [4.78, 5) is 9.60. The smallest absolute Gasteiger partial charge is 1.00 e. The largest absolute Gasteiger partial charge is 1.00 e. The van der Waals surface area contributed by atoms with Gasteiger partial charge in [-0.15, -0.1) is 0 Å². The van der Waals surface area contributed by atoms with Gasteiger partial charge in [0.1, 0.15) is 0 Å². The Kier molecular flexibility index (Phi) is 20.2. The Morgan fingerprint density at radius 2 is 1.64 bits per heavy atom. The summed E-state index contributed by atoms with van der Waals surface area (Å²) in [6.45, 7) is 4.60. The molecule has 0 spiro atoms. The SMILES string of the molecule is C1CC1.C=C(C)C(=O)O.O=S([O-])O.[H-].[K+]. The van der Waals surface area contributed by atoms with Crippen molar-refractivity contribution < 1.29 is 76.0 Å². The van der Waals surface area contributed by atoms with Crippen molar-refractivity contribution in [2.75, 3.05) is 0 Å². The predicted octanol–water partition coefficient (Wildman–Crippen LogP) is -1.73. The van der Waals surface area contributed by atoms with Crippen LogP contribution in [-0.4, -0.2) is 24.4 Å². The molecule has 0 amide bonds. The topological polar surface area (TPSA) is 97.7 Å². The van der Waals surface area contributed by atoms with Crippen LogP contribution < -0.4 is 51.4 Å². The second-order valence-electron chi connectivity index (χ2n) is 2.36. The molecule has 7 heteroatoms. The zero-order valence-corrected chi connectivity index (χ0v) is 12.3. The molecule has 0 saturated heterocycles. The van der Waals surface area contributed by atoms with Crippen LogP contribution in [0.3, 0.4) is 0 Å². The van der Waals surface area contributed by atoms with E-state index < -0.39 is 17.3 Å². The third kappa shape index (κ3) is 52.4. The Morgan fingerprint density at radius 3 is 1.64 bits per heavy atom. The van der Waals surface area contributed by atoms with Crippen molar-refractivity contribution in [1.82, 2.24) is 0 Å². The zero-order chi connectivity index (χ0) is 10.9. The average molecular weight is 249 g/mol. The van der Waals surface area contributed by atoms with Gasteiger partial charge in [-0.05, 0) is 6.92 Å². The van der Waals surface area contributed by atoms with E-state index in [4.69, 9.17) is 18.4 Å². The van der Waals surface area contributed by atoms with Gasteiger partial charge >= 0.3 is 57.4 Å².